The lowest BCUT2D eigenvalue weighted by atomic mass is 10.3. The molecule has 0 saturated carbocycles. The molecule has 1 saturated heterocycles. The second kappa shape index (κ2) is 8.45. The van der Waals surface area contributed by atoms with E-state index in [4.69, 9.17) is 4.74 Å². The SMILES string of the molecule is Cc1nccn1CCCN1CCC(Oc2ccnc(CN(C)C)c2)C1. The van der Waals surface area contributed by atoms with Gasteiger partial charge in [0, 0.05) is 50.8 Å². The van der Waals surface area contributed by atoms with Crippen LogP contribution >= 0.6 is 0 Å². The van der Waals surface area contributed by atoms with Gasteiger partial charge in [0.05, 0.1) is 5.69 Å². The van der Waals surface area contributed by atoms with E-state index < -0.39 is 0 Å². The lowest BCUT2D eigenvalue weighted by Gasteiger charge is -2.17. The Hall–Kier alpha value is -1.92. The summed E-state index contributed by atoms with van der Waals surface area (Å²) in [7, 11) is 4.10. The Kier molecular flexibility index (Phi) is 6.04. The van der Waals surface area contributed by atoms with Gasteiger partial charge in [-0.15, -0.1) is 0 Å². The lowest BCUT2D eigenvalue weighted by Crippen LogP contribution is -2.26. The fraction of sp³-hybridized carbons (Fsp3) is 0.579. The van der Waals surface area contributed by atoms with Gasteiger partial charge in [0.2, 0.25) is 0 Å². The smallest absolute Gasteiger partial charge is 0.123 e. The molecule has 6 heteroatoms. The average molecular weight is 343 g/mol. The summed E-state index contributed by atoms with van der Waals surface area (Å²) in [4.78, 5) is 13.3. The van der Waals surface area contributed by atoms with E-state index in [9.17, 15) is 0 Å². The molecule has 0 aliphatic carbocycles. The number of pyridine rings is 1. The Labute approximate surface area is 150 Å². The highest BCUT2D eigenvalue weighted by molar-refractivity contribution is 5.23. The van der Waals surface area contributed by atoms with E-state index >= 15 is 0 Å². The summed E-state index contributed by atoms with van der Waals surface area (Å²) in [5.74, 6) is 2.03. The minimum Gasteiger partial charge on any atom is -0.489 e. The van der Waals surface area contributed by atoms with E-state index in [1.54, 1.807) is 0 Å². The molecule has 2 aromatic rings. The minimum absolute atomic E-state index is 0.282. The lowest BCUT2D eigenvalue weighted by molar-refractivity contribution is 0.198. The highest BCUT2D eigenvalue weighted by atomic mass is 16.5. The maximum Gasteiger partial charge on any atom is 0.123 e. The number of likely N-dealkylation sites (tertiary alicyclic amines) is 1. The average Bonchev–Trinajstić information content (AvgIpc) is 3.17. The second-order valence-electron chi connectivity index (χ2n) is 7.07. The molecule has 25 heavy (non-hydrogen) atoms. The number of imidazole rings is 1. The topological polar surface area (TPSA) is 46.4 Å². The third-order valence-electron chi connectivity index (χ3n) is 4.60. The molecule has 1 unspecified atom stereocenters. The molecule has 136 valence electrons. The van der Waals surface area contributed by atoms with E-state index in [-0.39, 0.29) is 6.10 Å². The monoisotopic (exact) mass is 343 g/mol. The van der Waals surface area contributed by atoms with Crippen molar-refractivity contribution in [2.45, 2.75) is 39.0 Å². The summed E-state index contributed by atoms with van der Waals surface area (Å²) < 4.78 is 8.40. The Bertz CT molecular complexity index is 669. The van der Waals surface area contributed by atoms with Crippen molar-refractivity contribution in [3.8, 4) is 5.75 Å². The molecular formula is C19H29N5O. The number of hydrogen-bond acceptors (Lipinski definition) is 5. The highest BCUT2D eigenvalue weighted by Gasteiger charge is 2.23. The van der Waals surface area contributed by atoms with Crippen molar-refractivity contribution in [3.63, 3.8) is 0 Å². The van der Waals surface area contributed by atoms with Crippen LogP contribution in [0.5, 0.6) is 5.75 Å². The van der Waals surface area contributed by atoms with Crippen molar-refractivity contribution < 1.29 is 4.74 Å². The molecule has 1 aliphatic heterocycles. The maximum absolute atomic E-state index is 6.18. The summed E-state index contributed by atoms with van der Waals surface area (Å²) in [6.07, 6.45) is 8.29. The molecule has 1 aliphatic rings. The van der Waals surface area contributed by atoms with Gasteiger partial charge in [-0.1, -0.05) is 0 Å². The second-order valence-corrected chi connectivity index (χ2v) is 7.07. The van der Waals surface area contributed by atoms with Crippen LogP contribution in [0.1, 0.15) is 24.4 Å². The molecule has 0 N–H and O–H groups in total. The number of rotatable bonds is 8. The maximum atomic E-state index is 6.18. The van der Waals surface area contributed by atoms with E-state index in [1.807, 2.05) is 18.5 Å². The molecule has 1 atom stereocenters. The van der Waals surface area contributed by atoms with Gasteiger partial charge in [0.25, 0.3) is 0 Å². The molecule has 6 nitrogen and oxygen atoms in total. The zero-order chi connectivity index (χ0) is 17.6. The Morgan fingerprint density at radius 3 is 2.88 bits per heavy atom. The van der Waals surface area contributed by atoms with Crippen molar-refractivity contribution in [1.29, 1.82) is 0 Å². The summed E-state index contributed by atoms with van der Waals surface area (Å²) >= 11 is 0. The molecule has 2 aromatic heterocycles. The van der Waals surface area contributed by atoms with Gasteiger partial charge in [0.1, 0.15) is 17.7 Å². The van der Waals surface area contributed by atoms with Gasteiger partial charge in [-0.25, -0.2) is 4.98 Å². The predicted octanol–water partition coefficient (Wildman–Crippen LogP) is 2.19. The van der Waals surface area contributed by atoms with Crippen LogP contribution in [0.25, 0.3) is 0 Å². The molecular weight excluding hydrogens is 314 g/mol. The molecule has 3 rings (SSSR count). The first kappa shape index (κ1) is 17.9. The van der Waals surface area contributed by atoms with Crippen LogP contribution in [-0.2, 0) is 13.1 Å². The summed E-state index contributed by atoms with van der Waals surface area (Å²) in [6.45, 7) is 7.16. The number of aryl methyl sites for hydroxylation is 2. The number of aromatic nitrogens is 3. The summed E-state index contributed by atoms with van der Waals surface area (Å²) in [6, 6.07) is 4.02. The first-order valence-electron chi connectivity index (χ1n) is 9.06. The third kappa shape index (κ3) is 5.28. The van der Waals surface area contributed by atoms with Crippen molar-refractivity contribution in [3.05, 3.63) is 42.2 Å². The van der Waals surface area contributed by atoms with Gasteiger partial charge in [0.15, 0.2) is 0 Å². The van der Waals surface area contributed by atoms with Crippen LogP contribution in [0, 0.1) is 6.92 Å². The van der Waals surface area contributed by atoms with Gasteiger partial charge in [-0.05, 0) is 46.5 Å². The molecule has 0 bridgehead atoms. The van der Waals surface area contributed by atoms with Crippen molar-refractivity contribution in [1.82, 2.24) is 24.3 Å². The summed E-state index contributed by atoms with van der Waals surface area (Å²) in [5, 5.41) is 0. The first-order valence-corrected chi connectivity index (χ1v) is 9.06. The van der Waals surface area contributed by atoms with Gasteiger partial charge >= 0.3 is 0 Å². The molecule has 0 spiro atoms. The standard InChI is InChI=1S/C19H29N5O/c1-16-20-8-12-24(16)10-4-9-23-11-6-19(15-23)25-18-5-7-21-17(13-18)14-22(2)3/h5,7-8,12-13,19H,4,6,9-11,14-15H2,1-3H3. The summed E-state index contributed by atoms with van der Waals surface area (Å²) in [5.41, 5.74) is 1.05. The first-order chi connectivity index (χ1) is 12.1. The van der Waals surface area contributed by atoms with Gasteiger partial charge in [-0.2, -0.15) is 0 Å². The quantitative estimate of drug-likeness (QED) is 0.735. The van der Waals surface area contributed by atoms with Crippen LogP contribution in [-0.4, -0.2) is 64.2 Å². The molecule has 1 fully saturated rings. The zero-order valence-electron chi connectivity index (χ0n) is 15.6. The van der Waals surface area contributed by atoms with Crippen LogP contribution in [0.15, 0.2) is 30.7 Å². The third-order valence-corrected chi connectivity index (χ3v) is 4.60. The van der Waals surface area contributed by atoms with Crippen LogP contribution in [0.3, 0.4) is 0 Å². The minimum atomic E-state index is 0.282. The van der Waals surface area contributed by atoms with E-state index in [0.29, 0.717) is 0 Å². The van der Waals surface area contributed by atoms with Gasteiger partial charge in [-0.3, -0.25) is 9.88 Å². The van der Waals surface area contributed by atoms with Crippen molar-refractivity contribution in [2.75, 3.05) is 33.7 Å². The van der Waals surface area contributed by atoms with Crippen molar-refractivity contribution >= 4 is 0 Å². The van der Waals surface area contributed by atoms with Crippen molar-refractivity contribution in [2.24, 2.45) is 0 Å². The zero-order valence-corrected chi connectivity index (χ0v) is 15.6. The molecule has 0 amide bonds. The molecule has 0 aromatic carbocycles. The Balaban J connectivity index is 1.43. The number of hydrogen-bond donors (Lipinski definition) is 0. The van der Waals surface area contributed by atoms with E-state index in [0.717, 1.165) is 62.8 Å². The number of nitrogens with zero attached hydrogens (tertiary/aromatic N) is 5. The Morgan fingerprint density at radius 2 is 2.12 bits per heavy atom. The Morgan fingerprint density at radius 1 is 1.24 bits per heavy atom. The van der Waals surface area contributed by atoms with E-state index in [1.165, 1.54) is 0 Å². The number of ether oxygens (including phenoxy) is 1. The normalized spacial score (nSPS) is 18.2. The fourth-order valence-corrected chi connectivity index (χ4v) is 3.33. The van der Waals surface area contributed by atoms with Crippen LogP contribution in [0.4, 0.5) is 0 Å². The highest BCUT2D eigenvalue weighted by Crippen LogP contribution is 2.19. The molecule has 3 heterocycles. The largest absolute Gasteiger partial charge is 0.489 e. The predicted molar refractivity (Wildman–Crippen MR) is 98.7 cm³/mol. The van der Waals surface area contributed by atoms with Gasteiger partial charge < -0.3 is 14.2 Å². The molecule has 0 radical (unpaired) electrons. The fourth-order valence-electron chi connectivity index (χ4n) is 3.33. The van der Waals surface area contributed by atoms with Crippen LogP contribution < -0.4 is 4.74 Å². The van der Waals surface area contributed by atoms with E-state index in [2.05, 4.69) is 57.6 Å². The van der Waals surface area contributed by atoms with Crippen LogP contribution in [0.2, 0.25) is 0 Å².